The van der Waals surface area contributed by atoms with Gasteiger partial charge in [-0.3, -0.25) is 4.21 Å². The van der Waals surface area contributed by atoms with Crippen LogP contribution in [0.5, 0.6) is 5.75 Å². The summed E-state index contributed by atoms with van der Waals surface area (Å²) >= 11 is 0. The van der Waals surface area contributed by atoms with Crippen molar-refractivity contribution in [1.29, 1.82) is 0 Å². The standard InChI is InChI=1S/C16H20O3S/c1-2-3-13-19-14-7-9-15(10-8-14)20(18)16(17)11-5-4-6-12-16/h7-10,17H,4-6,11-13H2,1H3. The first-order valence-electron chi connectivity index (χ1n) is 6.92. The van der Waals surface area contributed by atoms with Crippen LogP contribution in [0.4, 0.5) is 0 Å². The Morgan fingerprint density at radius 1 is 1.25 bits per heavy atom. The van der Waals surface area contributed by atoms with Crippen molar-refractivity contribution >= 4 is 10.8 Å². The molecule has 1 aromatic carbocycles. The first-order chi connectivity index (χ1) is 9.65. The van der Waals surface area contributed by atoms with Crippen LogP contribution in [-0.2, 0) is 10.8 Å². The predicted octanol–water partition coefficient (Wildman–Crippen LogP) is 2.85. The fourth-order valence-corrected chi connectivity index (χ4v) is 3.84. The van der Waals surface area contributed by atoms with E-state index < -0.39 is 15.7 Å². The summed E-state index contributed by atoms with van der Waals surface area (Å²) in [6.07, 6.45) is 4.23. The highest BCUT2D eigenvalue weighted by Gasteiger charge is 2.36. The number of aliphatic hydroxyl groups is 1. The van der Waals surface area contributed by atoms with E-state index in [1.165, 1.54) is 0 Å². The summed E-state index contributed by atoms with van der Waals surface area (Å²) in [5.41, 5.74) is 0. The Balaban J connectivity index is 2.04. The maximum Gasteiger partial charge on any atom is 0.149 e. The van der Waals surface area contributed by atoms with Crippen molar-refractivity contribution < 1.29 is 14.1 Å². The average molecular weight is 292 g/mol. The minimum absolute atomic E-state index is 0.350. The van der Waals surface area contributed by atoms with Gasteiger partial charge in [0.25, 0.3) is 0 Å². The summed E-state index contributed by atoms with van der Waals surface area (Å²) < 4.78 is 17.9. The van der Waals surface area contributed by atoms with Gasteiger partial charge >= 0.3 is 0 Å². The molecular formula is C16H20O3S. The molecule has 1 saturated carbocycles. The highest BCUT2D eigenvalue weighted by Crippen LogP contribution is 2.34. The number of ether oxygens (including phenoxy) is 1. The van der Waals surface area contributed by atoms with Gasteiger partial charge in [0.2, 0.25) is 0 Å². The van der Waals surface area contributed by atoms with Gasteiger partial charge in [0.05, 0.1) is 10.8 Å². The summed E-state index contributed by atoms with van der Waals surface area (Å²) in [5.74, 6) is 6.28. The van der Waals surface area contributed by atoms with Crippen molar-refractivity contribution in [3.8, 4) is 17.6 Å². The van der Waals surface area contributed by atoms with Crippen LogP contribution in [0.3, 0.4) is 0 Å². The monoisotopic (exact) mass is 292 g/mol. The Labute approximate surface area is 122 Å². The molecule has 0 saturated heterocycles. The van der Waals surface area contributed by atoms with Crippen LogP contribution in [0, 0.1) is 11.8 Å². The van der Waals surface area contributed by atoms with E-state index >= 15 is 0 Å². The Morgan fingerprint density at radius 3 is 2.50 bits per heavy atom. The van der Waals surface area contributed by atoms with Crippen molar-refractivity contribution in [2.45, 2.75) is 48.9 Å². The minimum atomic E-state index is -1.38. The van der Waals surface area contributed by atoms with Gasteiger partial charge in [-0.15, -0.1) is 5.92 Å². The molecule has 1 aromatic rings. The summed E-state index contributed by atoms with van der Waals surface area (Å²) in [5, 5.41) is 10.5. The molecule has 0 radical (unpaired) electrons. The molecular weight excluding hydrogens is 272 g/mol. The second-order valence-electron chi connectivity index (χ2n) is 4.96. The molecule has 0 amide bonds. The molecule has 1 N–H and O–H groups in total. The molecule has 1 atom stereocenters. The zero-order valence-electron chi connectivity index (χ0n) is 11.7. The SMILES string of the molecule is CC#CCOc1ccc(S(=O)C2(O)CCCCC2)cc1. The maximum absolute atomic E-state index is 12.5. The zero-order valence-corrected chi connectivity index (χ0v) is 12.5. The van der Waals surface area contributed by atoms with Crippen LogP contribution in [0.15, 0.2) is 29.2 Å². The van der Waals surface area contributed by atoms with Gasteiger partial charge < -0.3 is 9.84 Å². The van der Waals surface area contributed by atoms with Crippen LogP contribution in [0.25, 0.3) is 0 Å². The Kier molecular flexibility index (Phi) is 5.22. The Bertz CT molecular complexity index is 519. The van der Waals surface area contributed by atoms with E-state index in [9.17, 15) is 9.32 Å². The molecule has 1 aliphatic carbocycles. The molecule has 1 unspecified atom stereocenters. The number of benzene rings is 1. The summed E-state index contributed by atoms with van der Waals surface area (Å²) in [4.78, 5) is -0.405. The molecule has 20 heavy (non-hydrogen) atoms. The normalized spacial score (nSPS) is 18.7. The third-order valence-corrected chi connectivity index (χ3v) is 5.30. The second kappa shape index (κ2) is 6.92. The third-order valence-electron chi connectivity index (χ3n) is 3.51. The van der Waals surface area contributed by atoms with Crippen LogP contribution in [0.2, 0.25) is 0 Å². The van der Waals surface area contributed by atoms with Crippen LogP contribution < -0.4 is 4.74 Å². The van der Waals surface area contributed by atoms with Crippen molar-refractivity contribution in [1.82, 2.24) is 0 Å². The number of hydrogen-bond donors (Lipinski definition) is 1. The smallest absolute Gasteiger partial charge is 0.149 e. The first-order valence-corrected chi connectivity index (χ1v) is 8.07. The Hall–Kier alpha value is -1.31. The van der Waals surface area contributed by atoms with Crippen LogP contribution in [0.1, 0.15) is 39.0 Å². The van der Waals surface area contributed by atoms with E-state index in [-0.39, 0.29) is 0 Å². The zero-order chi connectivity index (χ0) is 14.4. The molecule has 0 aliphatic heterocycles. The van der Waals surface area contributed by atoms with Crippen LogP contribution in [-0.4, -0.2) is 20.9 Å². The lowest BCUT2D eigenvalue weighted by Gasteiger charge is -2.31. The number of hydrogen-bond acceptors (Lipinski definition) is 3. The van der Waals surface area contributed by atoms with Gasteiger partial charge in [-0.25, -0.2) is 0 Å². The summed E-state index contributed by atoms with van der Waals surface area (Å²) in [6.45, 7) is 2.11. The molecule has 0 heterocycles. The molecule has 1 aliphatic rings. The van der Waals surface area contributed by atoms with E-state index in [1.54, 1.807) is 31.2 Å². The molecule has 1 fully saturated rings. The van der Waals surface area contributed by atoms with Crippen LogP contribution >= 0.6 is 0 Å². The molecule has 0 spiro atoms. The first kappa shape index (κ1) is 15.1. The minimum Gasteiger partial charge on any atom is -0.481 e. The van der Waals surface area contributed by atoms with Gasteiger partial charge in [-0.2, -0.15) is 0 Å². The average Bonchev–Trinajstić information content (AvgIpc) is 2.48. The molecule has 2 rings (SSSR count). The molecule has 108 valence electrons. The molecule has 0 bridgehead atoms. The largest absolute Gasteiger partial charge is 0.481 e. The quantitative estimate of drug-likeness (QED) is 0.868. The lowest BCUT2D eigenvalue weighted by Crippen LogP contribution is -2.36. The highest BCUT2D eigenvalue weighted by atomic mass is 32.2. The van der Waals surface area contributed by atoms with Gasteiger partial charge in [-0.05, 0) is 56.9 Å². The summed E-state index contributed by atoms with van der Waals surface area (Å²) in [7, 11) is -1.38. The Morgan fingerprint density at radius 2 is 1.90 bits per heavy atom. The molecule has 3 nitrogen and oxygen atoms in total. The molecule has 0 aromatic heterocycles. The lowest BCUT2D eigenvalue weighted by molar-refractivity contribution is 0.0887. The van der Waals surface area contributed by atoms with Crippen molar-refractivity contribution in [2.24, 2.45) is 0 Å². The van der Waals surface area contributed by atoms with E-state index in [0.717, 1.165) is 19.3 Å². The van der Waals surface area contributed by atoms with Gasteiger partial charge in [0.15, 0.2) is 0 Å². The fourth-order valence-electron chi connectivity index (χ4n) is 2.36. The predicted molar refractivity (Wildman–Crippen MR) is 79.8 cm³/mol. The van der Waals surface area contributed by atoms with Crippen molar-refractivity contribution in [2.75, 3.05) is 6.61 Å². The topological polar surface area (TPSA) is 46.5 Å². The van der Waals surface area contributed by atoms with Crippen molar-refractivity contribution in [3.63, 3.8) is 0 Å². The fraction of sp³-hybridized carbons (Fsp3) is 0.500. The third kappa shape index (κ3) is 3.62. The highest BCUT2D eigenvalue weighted by molar-refractivity contribution is 7.86. The molecule has 4 heteroatoms. The van der Waals surface area contributed by atoms with Gasteiger partial charge in [-0.1, -0.05) is 12.3 Å². The van der Waals surface area contributed by atoms with Gasteiger partial charge in [0.1, 0.15) is 17.3 Å². The maximum atomic E-state index is 12.5. The van der Waals surface area contributed by atoms with Crippen molar-refractivity contribution in [3.05, 3.63) is 24.3 Å². The van der Waals surface area contributed by atoms with Gasteiger partial charge in [0, 0.05) is 4.90 Å². The number of rotatable bonds is 4. The summed E-state index contributed by atoms with van der Waals surface area (Å²) in [6, 6.07) is 7.07. The van der Waals surface area contributed by atoms with E-state index in [1.807, 2.05) is 0 Å². The second-order valence-corrected chi connectivity index (χ2v) is 6.73. The van der Waals surface area contributed by atoms with E-state index in [2.05, 4.69) is 11.8 Å². The van der Waals surface area contributed by atoms with E-state index in [0.29, 0.717) is 30.1 Å². The van der Waals surface area contributed by atoms with E-state index in [4.69, 9.17) is 4.74 Å². The lowest BCUT2D eigenvalue weighted by atomic mass is 9.97.